The Morgan fingerprint density at radius 3 is 1.15 bits per heavy atom. The highest BCUT2D eigenvalue weighted by Gasteiger charge is 2.97. The van der Waals surface area contributed by atoms with Crippen molar-refractivity contribution in [3.8, 4) is 0 Å². The fourth-order valence-corrected chi connectivity index (χ4v) is 2.66. The average molecular weight is 632 g/mol. The van der Waals surface area contributed by atoms with Gasteiger partial charge in [-0.15, -0.1) is 0 Å². The summed E-state index contributed by atoms with van der Waals surface area (Å²) in [5.74, 6) is -70.3. The second-order valence-electron chi connectivity index (χ2n) is 8.61. The van der Waals surface area contributed by atoms with Crippen LogP contribution in [0, 0.1) is 0 Å². The van der Waals surface area contributed by atoms with Gasteiger partial charge in [-0.3, -0.25) is 0 Å². The molecule has 1 N–H and O–H groups in total. The van der Waals surface area contributed by atoms with E-state index in [4.69, 9.17) is 5.11 Å². The van der Waals surface area contributed by atoms with Gasteiger partial charge in [-0.2, -0.15) is 83.4 Å². The highest BCUT2D eigenvalue weighted by atomic mass is 19.4. The molecule has 0 radical (unpaired) electrons. The summed E-state index contributed by atoms with van der Waals surface area (Å²) in [6.07, 6.45) is -14.9. The van der Waals surface area contributed by atoms with Crippen LogP contribution in [-0.4, -0.2) is 102 Å². The highest BCUT2D eigenvalue weighted by Crippen LogP contribution is 2.65. The van der Waals surface area contributed by atoms with E-state index >= 15 is 0 Å². The zero-order valence-corrected chi connectivity index (χ0v) is 18.6. The smallest absolute Gasteiger partial charge is 0.460 e. The molecule has 0 spiro atoms. The maximum absolute atomic E-state index is 13.8. The van der Waals surface area contributed by atoms with Crippen molar-refractivity contribution in [2.24, 2.45) is 0 Å². The molecule has 0 heterocycles. The highest BCUT2D eigenvalue weighted by molar-refractivity contribution is 5.67. The lowest BCUT2D eigenvalue weighted by Crippen LogP contribution is -2.76. The molecule has 234 valence electrons. The van der Waals surface area contributed by atoms with Gasteiger partial charge in [0.25, 0.3) is 0 Å². The Morgan fingerprint density at radius 2 is 0.872 bits per heavy atom. The maximum Gasteiger partial charge on any atom is 0.460 e. The first-order valence-electron chi connectivity index (χ1n) is 9.31. The zero-order valence-electron chi connectivity index (χ0n) is 18.6. The zero-order chi connectivity index (χ0) is 32.3. The van der Waals surface area contributed by atoms with E-state index in [9.17, 15) is 92.6 Å². The molecule has 0 aromatic carbocycles. The summed E-state index contributed by atoms with van der Waals surface area (Å²) in [5, 5.41) is 8.54. The Bertz CT molecular complexity index is 893. The van der Waals surface area contributed by atoms with E-state index in [2.05, 4.69) is 0 Å². The molecular formula is C16H14F20NO2+. The largest absolute Gasteiger partial charge is 0.477 e. The molecule has 0 saturated heterocycles. The Kier molecular flexibility index (Phi) is 9.34. The van der Waals surface area contributed by atoms with Gasteiger partial charge in [0.2, 0.25) is 0 Å². The monoisotopic (exact) mass is 632 g/mol. The first-order chi connectivity index (χ1) is 16.5. The van der Waals surface area contributed by atoms with Gasteiger partial charge in [0.1, 0.15) is 0 Å². The second-order valence-corrected chi connectivity index (χ2v) is 8.61. The Labute approximate surface area is 202 Å². The third kappa shape index (κ3) is 5.51. The average Bonchev–Trinajstić information content (AvgIpc) is 2.68. The van der Waals surface area contributed by atoms with Gasteiger partial charge in [-0.05, 0) is 0 Å². The summed E-state index contributed by atoms with van der Waals surface area (Å²) >= 11 is 0. The van der Waals surface area contributed by atoms with E-state index in [0.29, 0.717) is 0 Å². The number of alkyl halides is 20. The van der Waals surface area contributed by atoms with Gasteiger partial charge in [0, 0.05) is 6.42 Å². The number of hydrogen-bond acceptors (Lipinski definition) is 1. The van der Waals surface area contributed by atoms with Gasteiger partial charge < -0.3 is 9.59 Å². The molecule has 1 atom stereocenters. The molecule has 0 saturated carbocycles. The molecule has 0 fully saturated rings. The minimum Gasteiger partial charge on any atom is -0.477 e. The van der Waals surface area contributed by atoms with E-state index in [1.54, 1.807) is 0 Å². The lowest BCUT2D eigenvalue weighted by molar-refractivity contribution is -0.883. The lowest BCUT2D eigenvalue weighted by Gasteiger charge is -2.44. The van der Waals surface area contributed by atoms with Gasteiger partial charge in [0.05, 0.1) is 20.6 Å². The molecule has 0 amide bonds. The molecule has 23 heteroatoms. The summed E-state index contributed by atoms with van der Waals surface area (Å²) in [6, 6.07) is 0. The van der Waals surface area contributed by atoms with Gasteiger partial charge in [0.15, 0.2) is 12.7 Å². The molecule has 0 aliphatic rings. The van der Waals surface area contributed by atoms with Crippen LogP contribution >= 0.6 is 0 Å². The Balaban J connectivity index is 6.68. The van der Waals surface area contributed by atoms with E-state index in [1.807, 2.05) is 0 Å². The number of carbonyl (C=O) groups is 1. The van der Waals surface area contributed by atoms with Crippen LogP contribution in [0.15, 0.2) is 0 Å². The molecule has 0 aliphatic carbocycles. The molecule has 0 aliphatic heterocycles. The number of hydrogen-bond donors (Lipinski definition) is 1. The van der Waals surface area contributed by atoms with Gasteiger partial charge >= 0.3 is 59.5 Å². The number of aliphatic carboxylic acids is 1. The fraction of sp³-hybridized carbons (Fsp3) is 0.938. The SMILES string of the molecule is C[N+](C)(CCC(F)C(F)(F)C(F)(F)C(F)(F)C(F)(F)C(F)(F)C(F)(F)C(F)(F)C(F)(F)C(F)(F)F)CC(=O)O. The first-order valence-corrected chi connectivity index (χ1v) is 9.31. The maximum atomic E-state index is 13.8. The Hall–Kier alpha value is -1.97. The number of quaternary nitrogens is 1. The van der Waals surface area contributed by atoms with Crippen LogP contribution in [0.1, 0.15) is 6.42 Å². The second kappa shape index (κ2) is 9.84. The number of carboxylic acid groups (broad SMARTS) is 1. The number of halogens is 20. The van der Waals surface area contributed by atoms with Crippen LogP contribution in [-0.2, 0) is 4.79 Å². The van der Waals surface area contributed by atoms with Crippen molar-refractivity contribution < 1.29 is 102 Å². The Morgan fingerprint density at radius 1 is 0.590 bits per heavy atom. The standard InChI is InChI=1S/C16H13F20NO2/c1-37(2,5-7(38)39)4-3-6(17)8(18,19)9(20,21)10(22,23)11(24,25)12(26,27)13(28,29)14(30,31)15(32,33)16(34,35)36/h6H,3-5H2,1-2H3/p+1. The topological polar surface area (TPSA) is 37.3 Å². The quantitative estimate of drug-likeness (QED) is 0.186. The van der Waals surface area contributed by atoms with Crippen LogP contribution in [0.25, 0.3) is 0 Å². The summed E-state index contributed by atoms with van der Waals surface area (Å²) in [5.41, 5.74) is 0. The molecule has 1 unspecified atom stereocenters. The predicted molar refractivity (Wildman–Crippen MR) is 84.6 cm³/mol. The third-order valence-corrected chi connectivity index (χ3v) is 5.09. The van der Waals surface area contributed by atoms with Crippen LogP contribution in [0.5, 0.6) is 0 Å². The number of carboxylic acids is 1. The number of nitrogens with zero attached hydrogens (tertiary/aromatic N) is 1. The van der Waals surface area contributed by atoms with Crippen LogP contribution in [0.4, 0.5) is 87.8 Å². The van der Waals surface area contributed by atoms with Crippen molar-refractivity contribution in [2.75, 3.05) is 27.2 Å². The lowest BCUT2D eigenvalue weighted by atomic mass is 9.86. The molecule has 3 nitrogen and oxygen atoms in total. The van der Waals surface area contributed by atoms with Crippen molar-refractivity contribution in [3.05, 3.63) is 0 Å². The number of rotatable bonds is 13. The minimum absolute atomic E-state index is 0.777. The van der Waals surface area contributed by atoms with Crippen molar-refractivity contribution in [1.29, 1.82) is 0 Å². The molecular weight excluding hydrogens is 618 g/mol. The van der Waals surface area contributed by atoms with E-state index in [1.165, 1.54) is 0 Å². The van der Waals surface area contributed by atoms with Crippen LogP contribution < -0.4 is 0 Å². The van der Waals surface area contributed by atoms with Crippen molar-refractivity contribution in [3.63, 3.8) is 0 Å². The molecule has 39 heavy (non-hydrogen) atoms. The molecule has 0 aromatic heterocycles. The first kappa shape index (κ1) is 37.0. The van der Waals surface area contributed by atoms with Crippen molar-refractivity contribution in [2.45, 2.75) is 66.1 Å². The normalized spacial score (nSPS) is 16.9. The van der Waals surface area contributed by atoms with E-state index in [-0.39, 0.29) is 0 Å². The summed E-state index contributed by atoms with van der Waals surface area (Å²) in [7, 11) is 1.55. The summed E-state index contributed by atoms with van der Waals surface area (Å²) in [4.78, 5) is 10.6. The van der Waals surface area contributed by atoms with Crippen LogP contribution in [0.3, 0.4) is 0 Å². The van der Waals surface area contributed by atoms with E-state index < -0.39 is 89.7 Å². The minimum atomic E-state index is -9.08. The van der Waals surface area contributed by atoms with Gasteiger partial charge in [-0.1, -0.05) is 0 Å². The molecule has 0 bridgehead atoms. The van der Waals surface area contributed by atoms with Crippen LogP contribution in [0.2, 0.25) is 0 Å². The molecule has 0 aromatic rings. The van der Waals surface area contributed by atoms with Crippen molar-refractivity contribution >= 4 is 5.97 Å². The predicted octanol–water partition coefficient (Wildman–Crippen LogP) is 6.52. The number of likely N-dealkylation sites (N-methyl/N-ethyl adjacent to an activating group) is 1. The fourth-order valence-electron chi connectivity index (χ4n) is 2.66. The summed E-state index contributed by atoms with van der Waals surface area (Å²) < 4.78 is 264. The molecule has 0 rings (SSSR count). The van der Waals surface area contributed by atoms with Gasteiger partial charge in [-0.25, -0.2) is 9.18 Å². The third-order valence-electron chi connectivity index (χ3n) is 5.09. The van der Waals surface area contributed by atoms with E-state index in [0.717, 1.165) is 14.1 Å². The summed E-state index contributed by atoms with van der Waals surface area (Å²) in [6.45, 7) is -2.41. The van der Waals surface area contributed by atoms with Crippen molar-refractivity contribution in [1.82, 2.24) is 0 Å².